The third-order valence-corrected chi connectivity index (χ3v) is 3.94. The van der Waals surface area contributed by atoms with Crippen molar-refractivity contribution in [3.8, 4) is 0 Å². The molecule has 0 bridgehead atoms. The quantitative estimate of drug-likeness (QED) is 0.869. The molecule has 2 amide bonds. The maximum absolute atomic E-state index is 12.3. The number of hydrogen-bond donors (Lipinski definition) is 2. The number of carbonyl (C=O) groups is 2. The van der Waals surface area contributed by atoms with Gasteiger partial charge in [-0.15, -0.1) is 0 Å². The Bertz CT molecular complexity index is 506. The molecule has 114 valence electrons. The Morgan fingerprint density at radius 3 is 2.90 bits per heavy atom. The number of hydrogen-bond acceptors (Lipinski definition) is 3. The fourth-order valence-electron chi connectivity index (χ4n) is 2.94. The molecular weight excluding hydrogens is 270 g/mol. The van der Waals surface area contributed by atoms with Crippen LogP contribution in [0, 0.1) is 0 Å². The number of carboxylic acids is 1. The van der Waals surface area contributed by atoms with Gasteiger partial charge in [-0.3, -0.25) is 4.98 Å². The number of carboxylic acid groups (broad SMARTS) is 1. The van der Waals surface area contributed by atoms with Crippen LogP contribution < -0.4 is 5.32 Å². The van der Waals surface area contributed by atoms with E-state index >= 15 is 0 Å². The van der Waals surface area contributed by atoms with Gasteiger partial charge in [-0.1, -0.05) is 19.4 Å². The van der Waals surface area contributed by atoms with E-state index in [1.54, 1.807) is 6.20 Å². The monoisotopic (exact) mass is 291 g/mol. The zero-order valence-corrected chi connectivity index (χ0v) is 12.2. The highest BCUT2D eigenvalue weighted by atomic mass is 16.4. The fourth-order valence-corrected chi connectivity index (χ4v) is 2.94. The summed E-state index contributed by atoms with van der Waals surface area (Å²) in [7, 11) is 0. The number of carbonyl (C=O) groups excluding carboxylic acids is 1. The standard InChI is InChI=1S/C15H21N3O3/c1-2-7-15(13(19)20)8-5-10-18(15)14(21)17-11-12-6-3-4-9-16-12/h3-4,6,9H,2,5,7-8,10-11H2,1H3,(H,17,21)(H,19,20). The number of urea groups is 1. The van der Waals surface area contributed by atoms with Crippen molar-refractivity contribution in [3.63, 3.8) is 0 Å². The van der Waals surface area contributed by atoms with Crippen LogP contribution in [0.3, 0.4) is 0 Å². The van der Waals surface area contributed by atoms with Crippen LogP contribution >= 0.6 is 0 Å². The first-order valence-electron chi connectivity index (χ1n) is 7.29. The van der Waals surface area contributed by atoms with Crippen LogP contribution in [-0.2, 0) is 11.3 Å². The topological polar surface area (TPSA) is 82.5 Å². The van der Waals surface area contributed by atoms with Crippen molar-refractivity contribution in [1.29, 1.82) is 0 Å². The van der Waals surface area contributed by atoms with Crippen LogP contribution in [0.15, 0.2) is 24.4 Å². The summed E-state index contributed by atoms with van der Waals surface area (Å²) >= 11 is 0. The highest BCUT2D eigenvalue weighted by Crippen LogP contribution is 2.34. The van der Waals surface area contributed by atoms with Crippen LogP contribution in [0.25, 0.3) is 0 Å². The summed E-state index contributed by atoms with van der Waals surface area (Å²) in [5.74, 6) is -0.908. The molecule has 1 unspecified atom stereocenters. The Balaban J connectivity index is 2.05. The molecule has 1 saturated heterocycles. The highest BCUT2D eigenvalue weighted by Gasteiger charge is 2.49. The molecule has 1 aromatic heterocycles. The smallest absolute Gasteiger partial charge is 0.329 e. The van der Waals surface area contributed by atoms with Crippen molar-refractivity contribution in [2.24, 2.45) is 0 Å². The zero-order valence-electron chi connectivity index (χ0n) is 12.2. The van der Waals surface area contributed by atoms with Gasteiger partial charge in [-0.25, -0.2) is 9.59 Å². The first kappa shape index (κ1) is 15.3. The predicted octanol–water partition coefficient (Wildman–Crippen LogP) is 2.01. The number of aromatic nitrogens is 1. The third kappa shape index (κ3) is 3.15. The van der Waals surface area contributed by atoms with E-state index in [1.165, 1.54) is 4.90 Å². The van der Waals surface area contributed by atoms with Gasteiger partial charge in [0.2, 0.25) is 0 Å². The molecule has 6 heteroatoms. The van der Waals surface area contributed by atoms with Crippen molar-refractivity contribution in [2.45, 2.75) is 44.7 Å². The Morgan fingerprint density at radius 1 is 1.48 bits per heavy atom. The molecule has 0 spiro atoms. The van der Waals surface area contributed by atoms with E-state index in [2.05, 4.69) is 10.3 Å². The first-order chi connectivity index (χ1) is 10.1. The normalized spacial score (nSPS) is 21.3. The summed E-state index contributed by atoms with van der Waals surface area (Å²) in [6.07, 6.45) is 4.13. The predicted molar refractivity (Wildman–Crippen MR) is 77.7 cm³/mol. The van der Waals surface area contributed by atoms with Crippen LogP contribution in [0.1, 0.15) is 38.3 Å². The molecule has 1 aromatic rings. The number of pyridine rings is 1. The molecule has 2 N–H and O–H groups in total. The van der Waals surface area contributed by atoms with Crippen LogP contribution in [0.5, 0.6) is 0 Å². The van der Waals surface area contributed by atoms with Gasteiger partial charge in [0.25, 0.3) is 0 Å². The van der Waals surface area contributed by atoms with Gasteiger partial charge in [-0.05, 0) is 31.4 Å². The van der Waals surface area contributed by atoms with Gasteiger partial charge in [0.1, 0.15) is 5.54 Å². The van der Waals surface area contributed by atoms with E-state index in [0.717, 1.165) is 18.5 Å². The summed E-state index contributed by atoms with van der Waals surface area (Å²) in [5.41, 5.74) is -0.301. The van der Waals surface area contributed by atoms with Crippen molar-refractivity contribution < 1.29 is 14.7 Å². The molecule has 0 aliphatic carbocycles. The molecule has 2 heterocycles. The van der Waals surface area contributed by atoms with Gasteiger partial charge in [0.05, 0.1) is 12.2 Å². The van der Waals surface area contributed by atoms with Crippen molar-refractivity contribution in [2.75, 3.05) is 6.54 Å². The Kier molecular flexibility index (Phi) is 4.77. The number of nitrogens with zero attached hydrogens (tertiary/aromatic N) is 2. The van der Waals surface area contributed by atoms with Gasteiger partial charge in [-0.2, -0.15) is 0 Å². The molecule has 21 heavy (non-hydrogen) atoms. The van der Waals surface area contributed by atoms with E-state index < -0.39 is 11.5 Å². The SMILES string of the molecule is CCCC1(C(=O)O)CCCN1C(=O)NCc1ccccn1. The van der Waals surface area contributed by atoms with E-state index in [9.17, 15) is 14.7 Å². The molecule has 1 aliphatic rings. The minimum Gasteiger partial charge on any atom is -0.479 e. The van der Waals surface area contributed by atoms with E-state index in [-0.39, 0.29) is 6.03 Å². The Morgan fingerprint density at radius 2 is 2.29 bits per heavy atom. The highest BCUT2D eigenvalue weighted by molar-refractivity contribution is 5.87. The minimum atomic E-state index is -1.05. The molecule has 0 radical (unpaired) electrons. The second-order valence-electron chi connectivity index (χ2n) is 5.32. The minimum absolute atomic E-state index is 0.304. The zero-order chi connectivity index (χ0) is 15.3. The summed E-state index contributed by atoms with van der Waals surface area (Å²) in [5, 5.41) is 12.3. The van der Waals surface area contributed by atoms with Crippen LogP contribution in [-0.4, -0.2) is 39.1 Å². The summed E-state index contributed by atoms with van der Waals surface area (Å²) in [6.45, 7) is 2.73. The number of aliphatic carboxylic acids is 1. The lowest BCUT2D eigenvalue weighted by Gasteiger charge is -2.34. The lowest BCUT2D eigenvalue weighted by atomic mass is 9.91. The van der Waals surface area contributed by atoms with Gasteiger partial charge in [0.15, 0.2) is 0 Å². The van der Waals surface area contributed by atoms with Crippen molar-refractivity contribution >= 4 is 12.0 Å². The second-order valence-corrected chi connectivity index (χ2v) is 5.32. The van der Waals surface area contributed by atoms with E-state index in [1.807, 2.05) is 25.1 Å². The van der Waals surface area contributed by atoms with Gasteiger partial charge in [0, 0.05) is 12.7 Å². The fraction of sp³-hybridized carbons (Fsp3) is 0.533. The number of amides is 2. The van der Waals surface area contributed by atoms with Gasteiger partial charge >= 0.3 is 12.0 Å². The third-order valence-electron chi connectivity index (χ3n) is 3.94. The van der Waals surface area contributed by atoms with Gasteiger partial charge < -0.3 is 15.3 Å². The molecular formula is C15H21N3O3. The summed E-state index contributed by atoms with van der Waals surface area (Å²) in [4.78, 5) is 29.6. The second kappa shape index (κ2) is 6.56. The molecule has 1 fully saturated rings. The maximum atomic E-state index is 12.3. The first-order valence-corrected chi connectivity index (χ1v) is 7.29. The molecule has 0 aromatic carbocycles. The van der Waals surface area contributed by atoms with Crippen molar-refractivity contribution in [1.82, 2.24) is 15.2 Å². The lowest BCUT2D eigenvalue weighted by molar-refractivity contribution is -0.148. The molecule has 1 aliphatic heterocycles. The summed E-state index contributed by atoms with van der Waals surface area (Å²) in [6, 6.07) is 5.15. The van der Waals surface area contributed by atoms with E-state index in [4.69, 9.17) is 0 Å². The maximum Gasteiger partial charge on any atom is 0.329 e. The average molecular weight is 291 g/mol. The van der Waals surface area contributed by atoms with Crippen LogP contribution in [0.4, 0.5) is 4.79 Å². The Labute approximate surface area is 124 Å². The molecule has 1 atom stereocenters. The molecule has 2 rings (SSSR count). The van der Waals surface area contributed by atoms with Crippen molar-refractivity contribution in [3.05, 3.63) is 30.1 Å². The lowest BCUT2D eigenvalue weighted by Crippen LogP contribution is -2.55. The van der Waals surface area contributed by atoms with E-state index in [0.29, 0.717) is 25.9 Å². The number of nitrogens with one attached hydrogen (secondary N) is 1. The molecule has 6 nitrogen and oxygen atoms in total. The Hall–Kier alpha value is -2.11. The van der Waals surface area contributed by atoms with Crippen LogP contribution in [0.2, 0.25) is 0 Å². The molecule has 0 saturated carbocycles. The summed E-state index contributed by atoms with van der Waals surface area (Å²) < 4.78 is 0. The number of likely N-dealkylation sites (tertiary alicyclic amines) is 1. The average Bonchev–Trinajstić information content (AvgIpc) is 2.91. The largest absolute Gasteiger partial charge is 0.479 e. The number of rotatable bonds is 5.